The van der Waals surface area contributed by atoms with Gasteiger partial charge in [0.25, 0.3) is 10.4 Å². The molecule has 0 bridgehead atoms. The van der Waals surface area contributed by atoms with Crippen molar-refractivity contribution in [3.05, 3.63) is 131 Å². The van der Waals surface area contributed by atoms with Crippen molar-refractivity contribution in [2.45, 2.75) is 202 Å². The van der Waals surface area contributed by atoms with Crippen LogP contribution in [-0.4, -0.2) is 264 Å². The summed E-state index contributed by atoms with van der Waals surface area (Å²) in [4.78, 5) is 245. The molecule has 5 rings (SSSR count). The number of carbonyl (C=O) groups excluding carboxylic acids is 14. The molecule has 123 heavy (non-hydrogen) atoms. The number of aliphatic hydroxyl groups is 2. The molecule has 1 fully saturated rings. The molecule has 1 aliphatic rings. The first-order valence-corrected chi connectivity index (χ1v) is 39.4. The van der Waals surface area contributed by atoms with Gasteiger partial charge in [-0.15, -0.1) is 0 Å². The number of carbonyl (C=O) groups is 18. The van der Waals surface area contributed by atoms with Gasteiger partial charge in [-0.1, -0.05) is 98.8 Å². The Bertz CT molecular complexity index is 4530. The summed E-state index contributed by atoms with van der Waals surface area (Å²) in [6.45, 7) is 5.48. The van der Waals surface area contributed by atoms with Gasteiger partial charge < -0.3 is 131 Å². The molecule has 27 N–H and O–H groups in total. The lowest BCUT2D eigenvalue weighted by molar-refractivity contribution is -0.142. The smallest absolute Gasteiger partial charge is 0.305 e. The molecule has 1 heterocycles. The summed E-state index contributed by atoms with van der Waals surface area (Å²) in [5.41, 5.74) is 12.1. The molecular weight excluding hydrogens is 1640 g/mol. The summed E-state index contributed by atoms with van der Waals surface area (Å²) in [6.07, 6.45) is -9.82. The first-order chi connectivity index (χ1) is 57.3. The van der Waals surface area contributed by atoms with Crippen LogP contribution in [0.4, 0.5) is 0 Å². The van der Waals surface area contributed by atoms with E-state index in [1.54, 1.807) is 24.3 Å². The van der Waals surface area contributed by atoms with Crippen LogP contribution in [-0.2, 0) is 122 Å². The minimum absolute atomic E-state index is 0. The first kappa shape index (κ1) is 102. The summed E-state index contributed by atoms with van der Waals surface area (Å²) >= 11 is 0. The van der Waals surface area contributed by atoms with Crippen molar-refractivity contribution in [3.63, 3.8) is 0 Å². The Hall–Kier alpha value is -13.3. The Morgan fingerprint density at radius 2 is 0.813 bits per heavy atom. The van der Waals surface area contributed by atoms with Gasteiger partial charge in [0.15, 0.2) is 0 Å². The highest BCUT2D eigenvalue weighted by Crippen LogP contribution is 2.21. The van der Waals surface area contributed by atoms with E-state index in [1.807, 2.05) is 0 Å². The van der Waals surface area contributed by atoms with Crippen LogP contribution in [0.25, 0.3) is 0 Å². The molecule has 14 amide bonds. The van der Waals surface area contributed by atoms with Crippen molar-refractivity contribution in [2.75, 3.05) is 13.1 Å². The van der Waals surface area contributed by atoms with Gasteiger partial charge in [0.2, 0.25) is 82.7 Å². The molecule has 0 aromatic heterocycles. The zero-order valence-corrected chi connectivity index (χ0v) is 68.5. The highest BCUT2D eigenvalue weighted by molar-refractivity contribution is 7.81. The lowest BCUT2D eigenvalue weighted by Crippen LogP contribution is -2.64. The van der Waals surface area contributed by atoms with Crippen LogP contribution >= 0.6 is 0 Å². The molecule has 15 atom stereocenters. The van der Waals surface area contributed by atoms with E-state index >= 15 is 0 Å². The number of aromatic hydroxyl groups is 1. The molecule has 0 spiro atoms. The van der Waals surface area contributed by atoms with Crippen LogP contribution in [0.15, 0.2) is 109 Å². The molecule has 1 saturated heterocycles. The normalized spacial score (nSPS) is 15.8. The molecular formula is C77H104N16O29S. The molecule has 45 nitrogen and oxygen atoms in total. The number of hydrogen-bond acceptors (Lipinski definition) is 26. The maximum Gasteiger partial charge on any atom is 0.305 e. The molecule has 4 aromatic rings. The van der Waals surface area contributed by atoms with E-state index in [4.69, 9.17) is 16.6 Å². The van der Waals surface area contributed by atoms with Crippen molar-refractivity contribution in [2.24, 2.45) is 17.4 Å². The predicted octanol–water partition coefficient (Wildman–Crippen LogP) is -5.75. The maximum atomic E-state index is 14.9. The van der Waals surface area contributed by atoms with E-state index in [9.17, 15) is 130 Å². The van der Waals surface area contributed by atoms with E-state index < -0.39 is 284 Å². The van der Waals surface area contributed by atoms with E-state index in [0.717, 1.165) is 50.2 Å². The van der Waals surface area contributed by atoms with Crippen molar-refractivity contribution >= 4 is 117 Å². The lowest BCUT2D eigenvalue weighted by Gasteiger charge is -2.30. The number of carboxylic acids is 4. The number of nitrogens with one attached hydrogen (secondary N) is 12. The Kier molecular flexibility index (Phi) is 40.5. The van der Waals surface area contributed by atoms with E-state index in [1.165, 1.54) is 74.2 Å². The molecule has 2 unspecified atom stereocenters. The maximum absolute atomic E-state index is 14.9. The van der Waals surface area contributed by atoms with Gasteiger partial charge in [0, 0.05) is 45.1 Å². The van der Waals surface area contributed by atoms with Crippen LogP contribution in [0, 0.1) is 5.92 Å². The summed E-state index contributed by atoms with van der Waals surface area (Å²) in [5.74, 6) is -24.2. The fourth-order valence-corrected chi connectivity index (χ4v) is 12.7. The number of nitrogens with zero attached hydrogens (tertiary/aromatic N) is 1. The van der Waals surface area contributed by atoms with E-state index in [0.29, 0.717) is 17.5 Å². The van der Waals surface area contributed by atoms with Gasteiger partial charge in [-0.25, -0.2) is 8.42 Å². The second-order valence-corrected chi connectivity index (χ2v) is 30.0. The number of hydrogen-bond donors (Lipinski definition) is 22. The lowest BCUT2D eigenvalue weighted by atomic mass is 10.0. The fourth-order valence-electron chi connectivity index (χ4n) is 12.4. The Morgan fingerprint density at radius 1 is 0.455 bits per heavy atom. The number of amides is 14. The van der Waals surface area contributed by atoms with Gasteiger partial charge in [0.1, 0.15) is 84.0 Å². The van der Waals surface area contributed by atoms with Gasteiger partial charge in [-0.2, -0.15) is 0 Å². The van der Waals surface area contributed by atoms with Crippen molar-refractivity contribution in [3.8, 4) is 11.5 Å². The van der Waals surface area contributed by atoms with Crippen LogP contribution in [0.2, 0.25) is 0 Å². The average molecular weight is 1750 g/mol. The number of phenols is 1. The summed E-state index contributed by atoms with van der Waals surface area (Å²) in [5, 5.41) is 98.8. The summed E-state index contributed by atoms with van der Waals surface area (Å²) < 4.78 is 38.3. The molecule has 672 valence electrons. The van der Waals surface area contributed by atoms with Crippen molar-refractivity contribution in [1.82, 2.24) is 74.9 Å². The third-order valence-corrected chi connectivity index (χ3v) is 19.1. The van der Waals surface area contributed by atoms with Crippen LogP contribution in [0.3, 0.4) is 0 Å². The summed E-state index contributed by atoms with van der Waals surface area (Å²) in [6, 6.07) is 1.54. The van der Waals surface area contributed by atoms with Crippen molar-refractivity contribution < 1.29 is 139 Å². The van der Waals surface area contributed by atoms with E-state index in [2.05, 4.69) is 68.0 Å². The standard InChI is InChI=1S/C77H101N15O29S.H3N/c1-38(2)62(89-68(108)49(27-29-59(99)100)82-66(106)48(78)26-28-58(97)98)74(114)90-64(41(5)94)76(116)91-63(40(4)93)75(115)88-53(32-43-15-10-7-11-16-43)71(111)84-51(31-42-13-8-6-9-14-42)69(109)87-55(36-61(103)104)73(113)85-52(34-44-18-22-46(95)23-19-44)70(110)86-54(35-60(101)102)72(112)83-50(33-45-20-24-47(25-21-45)121-122(118,119)120)67(107)80-37-57(96)81-39(3)77(117)92-30-12-17-56(92)65(79)105;/h6-11,13-16,18-25,38-41,48-56,62-64,93-95H,12,17,26-37,78H2,1-5H3,(H2,79,105)(H,80,107)(H,81,96)(H,82,106)(H,83,112)(H,84,111)(H,85,113)(H,86,110)(H,87,109)(H,88,115)(H,89,108)(H,90,114)(H,91,116)(H,97,98)(H,99,100)(H,101,102)(H,103,104)(H,118,119,120);1H3/t39-,40?,41?,48-,49-,50-,51-,52-,53-,54-,55-,56-,62-,63-,64-;/m0./s1. The third kappa shape index (κ3) is 34.7. The molecule has 0 aliphatic carbocycles. The molecule has 46 heteroatoms. The highest BCUT2D eigenvalue weighted by Gasteiger charge is 2.41. The molecule has 1 aliphatic heterocycles. The molecule has 0 saturated carbocycles. The number of carboxylic acid groups (broad SMARTS) is 4. The number of quaternary nitrogens is 1. The Morgan fingerprint density at radius 3 is 1.22 bits per heavy atom. The van der Waals surface area contributed by atoms with Crippen LogP contribution in [0.5, 0.6) is 11.5 Å². The van der Waals surface area contributed by atoms with Gasteiger partial charge in [0.05, 0.1) is 37.6 Å². The third-order valence-electron chi connectivity index (χ3n) is 18.8. The molecule has 4 aromatic carbocycles. The Balaban J connectivity index is 0.0000318. The fraction of sp³-hybridized carbons (Fsp3) is 0.455. The van der Waals surface area contributed by atoms with Gasteiger partial charge in [-0.3, -0.25) is 86.3 Å². The monoisotopic (exact) mass is 1750 g/mol. The number of phenolic OH excluding ortho intramolecular Hbond substituents is 1. The first-order valence-electron chi connectivity index (χ1n) is 38.1. The second-order valence-electron chi connectivity index (χ2n) is 29.0. The highest BCUT2D eigenvalue weighted by atomic mass is 32.3. The number of primary amides is 1. The SMILES string of the molecule is CC(C)[C@H](NC(=O)[C@H](CCC(=O)O)NC(=O)[C@@H](N)CCC(=O)O)C(=O)N[C@H](C(=O)N[C@H](C(=O)N[C@@H](Cc1ccccc1)C(=O)N[C@@H](Cc1ccccc1)C(=O)N[C@@H](CC(=O)O)C(=O)N[C@@H](Cc1ccc(O)cc1)C(=O)N[C@@H](CC(=O)O)C(=O)N[C@@H](Cc1ccc(OS(=O)(=O)[O-])cc1)C(=O)NCC(=O)N[C@@H](C)C(=O)N1CCC[C@H]1C(N)=O)C(C)O)C(C)O.[NH4+]. The minimum Gasteiger partial charge on any atom is -0.716 e. The zero-order valence-electron chi connectivity index (χ0n) is 67.7. The number of nitrogens with two attached hydrogens (primary N) is 2. The topological polar surface area (TPSA) is 751 Å². The van der Waals surface area contributed by atoms with Crippen LogP contribution in [0.1, 0.15) is 108 Å². The Labute approximate surface area is 704 Å². The van der Waals surface area contributed by atoms with Crippen LogP contribution < -0.4 is 85.6 Å². The van der Waals surface area contributed by atoms with E-state index in [-0.39, 0.29) is 42.4 Å². The second kappa shape index (κ2) is 48.8. The minimum atomic E-state index is -5.29. The van der Waals surface area contributed by atoms with Gasteiger partial charge in [-0.05, 0) is 98.9 Å². The largest absolute Gasteiger partial charge is 0.716 e. The van der Waals surface area contributed by atoms with Crippen molar-refractivity contribution in [1.29, 1.82) is 0 Å². The quantitative estimate of drug-likeness (QED) is 0.0145. The number of aliphatic carboxylic acids is 4. The summed E-state index contributed by atoms with van der Waals surface area (Å²) in [7, 11) is -5.29. The number of rotatable bonds is 49. The van der Waals surface area contributed by atoms with Gasteiger partial charge >= 0.3 is 23.9 Å². The average Bonchev–Trinajstić information content (AvgIpc) is 1.06. The predicted molar refractivity (Wildman–Crippen MR) is 427 cm³/mol. The molecule has 0 radical (unpaired) electrons. The number of likely N-dealkylation sites (tertiary alicyclic amines) is 1. The number of aliphatic hydroxyl groups excluding tert-OH is 2. The zero-order chi connectivity index (χ0) is 91.0. The number of benzene rings is 4.